The van der Waals surface area contributed by atoms with Gasteiger partial charge < -0.3 is 19.9 Å². The van der Waals surface area contributed by atoms with Crippen LogP contribution in [0.1, 0.15) is 18.7 Å². The van der Waals surface area contributed by atoms with E-state index in [4.69, 9.17) is 27.9 Å². The van der Waals surface area contributed by atoms with Crippen molar-refractivity contribution in [2.24, 2.45) is 4.99 Å². The molecule has 2 aliphatic heterocycles. The molecule has 13 heteroatoms. The molecule has 194 valence electrons. The molecule has 1 aromatic rings. The van der Waals surface area contributed by atoms with Gasteiger partial charge in [-0.1, -0.05) is 53.5 Å². The summed E-state index contributed by atoms with van der Waals surface area (Å²) in [6.45, 7) is 1.77. The van der Waals surface area contributed by atoms with Gasteiger partial charge in [0.1, 0.15) is 5.84 Å². The van der Waals surface area contributed by atoms with Crippen LogP contribution in [0.25, 0.3) is 0 Å². The number of hydrogen-bond donors (Lipinski definition) is 1. The van der Waals surface area contributed by atoms with Crippen molar-refractivity contribution in [1.29, 1.82) is 0 Å². The molecule has 0 saturated carbocycles. The molecule has 0 spiro atoms. The van der Waals surface area contributed by atoms with Crippen LogP contribution in [-0.4, -0.2) is 75.3 Å². The number of fused-ring (bicyclic) bond motifs is 1. The Kier molecular flexibility index (Phi) is 11.8. The molecule has 3 atom stereocenters. The summed E-state index contributed by atoms with van der Waals surface area (Å²) in [5, 5.41) is 3.14. The van der Waals surface area contributed by atoms with Crippen LogP contribution in [0.15, 0.2) is 58.7 Å². The average Bonchev–Trinajstić information content (AvgIpc) is 2.95. The molecular weight excluding hydrogens is 651 g/mol. The fourth-order valence-electron chi connectivity index (χ4n) is 3.37. The van der Waals surface area contributed by atoms with Crippen LogP contribution in [0, 0.1) is 0 Å². The molecule has 0 fully saturated rings. The van der Waals surface area contributed by atoms with E-state index in [1.165, 1.54) is 4.90 Å². The van der Waals surface area contributed by atoms with Gasteiger partial charge in [-0.05, 0) is 55.8 Å². The number of amidine groups is 1. The lowest BCUT2D eigenvalue weighted by Gasteiger charge is -2.43. The summed E-state index contributed by atoms with van der Waals surface area (Å²) in [4.78, 5) is 33.4. The van der Waals surface area contributed by atoms with Crippen LogP contribution in [-0.2, 0) is 14.3 Å². The number of nitrogens with one attached hydrogen (secondary N) is 1. The van der Waals surface area contributed by atoms with E-state index >= 15 is 0 Å². The summed E-state index contributed by atoms with van der Waals surface area (Å²) in [6, 6.07) is 9.32. The third-order valence-electron chi connectivity index (χ3n) is 5.08. The lowest BCUT2D eigenvalue weighted by Crippen LogP contribution is -2.54. The van der Waals surface area contributed by atoms with Crippen molar-refractivity contribution in [1.82, 2.24) is 20.0 Å². The van der Waals surface area contributed by atoms with Gasteiger partial charge in [0.2, 0.25) is 15.5 Å². The lowest BCUT2D eigenvalue weighted by molar-refractivity contribution is -0.165. The maximum absolute atomic E-state index is 13.0. The Bertz CT molecular complexity index is 1010. The second kappa shape index (κ2) is 12.9. The fourth-order valence-corrected chi connectivity index (χ4v) is 4.50. The van der Waals surface area contributed by atoms with Crippen LogP contribution in [0.2, 0.25) is 0 Å². The Hall–Kier alpha value is -1.08. The molecular formula is C22H28Cl4IN5O3. The highest BCUT2D eigenvalue weighted by atomic mass is 127. The van der Waals surface area contributed by atoms with E-state index in [9.17, 15) is 9.59 Å². The number of likely N-dealkylation sites (N-methyl/N-ethyl adjacent to an activating group) is 2. The van der Waals surface area contributed by atoms with Crippen LogP contribution in [0.3, 0.4) is 0 Å². The van der Waals surface area contributed by atoms with Gasteiger partial charge in [0.25, 0.3) is 0 Å². The summed E-state index contributed by atoms with van der Waals surface area (Å²) >= 11 is 15.2. The molecule has 3 unspecified atom stereocenters. The highest BCUT2D eigenvalue weighted by Gasteiger charge is 2.58. The number of nitrogens with zero attached hydrogens (tertiary/aromatic N) is 4. The number of ether oxygens (including phenoxy) is 1. The van der Waals surface area contributed by atoms with Gasteiger partial charge >= 0.3 is 0 Å². The number of carbonyl (C=O) groups excluding carboxylic acids is 2. The predicted molar refractivity (Wildman–Crippen MR) is 152 cm³/mol. The molecule has 0 radical (unpaired) electrons. The number of carbonyl (C=O) groups is 2. The van der Waals surface area contributed by atoms with Crippen molar-refractivity contribution in [3.63, 3.8) is 0 Å². The summed E-state index contributed by atoms with van der Waals surface area (Å²) in [6.07, 6.45) is 4.38. The van der Waals surface area contributed by atoms with E-state index in [-0.39, 0.29) is 49.7 Å². The smallest absolute Gasteiger partial charge is 0.244 e. The largest absolute Gasteiger partial charge is 0.346 e. The summed E-state index contributed by atoms with van der Waals surface area (Å²) < 4.78 is 5.39. The average molecular weight is 679 g/mol. The van der Waals surface area contributed by atoms with E-state index in [0.717, 1.165) is 5.56 Å². The second-order valence-corrected chi connectivity index (χ2v) is 10.7. The first-order chi connectivity index (χ1) is 15.4. The molecule has 8 nitrogen and oxygen atoms in total. The number of allylic oxidation sites excluding steroid dienone is 2. The van der Waals surface area contributed by atoms with Crippen molar-refractivity contribution in [3.8, 4) is 0 Å². The number of alkyl halides is 2. The van der Waals surface area contributed by atoms with E-state index in [1.807, 2.05) is 30.3 Å². The topological polar surface area (TPSA) is 77.5 Å². The fraction of sp³-hybridized carbons (Fsp3) is 0.409. The van der Waals surface area contributed by atoms with Gasteiger partial charge in [-0.2, -0.15) is 0 Å². The molecule has 1 aromatic carbocycles. The van der Waals surface area contributed by atoms with Crippen molar-refractivity contribution in [2.75, 3.05) is 34.2 Å². The van der Waals surface area contributed by atoms with E-state index < -0.39 is 15.0 Å². The number of halogens is 5. The molecule has 0 bridgehead atoms. The number of rotatable bonds is 8. The van der Waals surface area contributed by atoms with Crippen LogP contribution < -0.4 is 5.32 Å². The number of hydrogen-bond acceptors (Lipinski definition) is 6. The van der Waals surface area contributed by atoms with E-state index in [0.29, 0.717) is 10.9 Å². The molecule has 35 heavy (non-hydrogen) atoms. The third-order valence-corrected chi connectivity index (χ3v) is 7.79. The first kappa shape index (κ1) is 31.9. The Morgan fingerprint density at radius 3 is 2.43 bits per heavy atom. The van der Waals surface area contributed by atoms with Crippen molar-refractivity contribution >= 4 is 88.3 Å². The van der Waals surface area contributed by atoms with Gasteiger partial charge in [0.05, 0.1) is 18.1 Å². The Labute approximate surface area is 241 Å². The third kappa shape index (κ3) is 7.24. The van der Waals surface area contributed by atoms with Gasteiger partial charge in [-0.15, -0.1) is 24.8 Å². The predicted octanol–water partition coefficient (Wildman–Crippen LogP) is 4.09. The number of benzene rings is 1. The molecule has 2 aliphatic rings. The maximum atomic E-state index is 13.0. The summed E-state index contributed by atoms with van der Waals surface area (Å²) in [7, 11) is 5.19. The van der Waals surface area contributed by atoms with E-state index in [1.54, 1.807) is 56.2 Å². The van der Waals surface area contributed by atoms with Gasteiger partial charge in [-0.25, -0.2) is 4.99 Å². The summed E-state index contributed by atoms with van der Waals surface area (Å²) in [5.74, 6) is 0.0351. The van der Waals surface area contributed by atoms with Gasteiger partial charge in [0, 0.05) is 18.8 Å². The quantitative estimate of drug-likeness (QED) is 0.194. The molecule has 2 heterocycles. The number of aliphatic imine (C=N–C) groups is 1. The molecule has 1 N–H and O–H groups in total. The molecule has 0 saturated heterocycles. The zero-order valence-corrected chi connectivity index (χ0v) is 24.9. The first-order valence-electron chi connectivity index (χ1n) is 10.2. The van der Waals surface area contributed by atoms with Gasteiger partial charge in [0.15, 0.2) is 11.2 Å². The first-order valence-corrected chi connectivity index (χ1v) is 12.0. The van der Waals surface area contributed by atoms with Crippen molar-refractivity contribution in [3.05, 3.63) is 59.3 Å². The number of amides is 2. The second-order valence-electron chi connectivity index (χ2n) is 8.10. The van der Waals surface area contributed by atoms with Crippen LogP contribution >= 0.6 is 70.6 Å². The lowest BCUT2D eigenvalue weighted by atomic mass is 10.1. The van der Waals surface area contributed by atoms with Crippen LogP contribution in [0.5, 0.6) is 0 Å². The zero-order chi connectivity index (χ0) is 24.4. The zero-order valence-electron chi connectivity index (χ0n) is 19.6. The van der Waals surface area contributed by atoms with Crippen molar-refractivity contribution < 1.29 is 14.3 Å². The monoisotopic (exact) mass is 677 g/mol. The molecule has 0 aliphatic carbocycles. The Morgan fingerprint density at radius 2 is 1.83 bits per heavy atom. The molecule has 0 aromatic heterocycles. The minimum atomic E-state index is -1.20. The highest BCUT2D eigenvalue weighted by molar-refractivity contribution is 14.1. The Balaban J connectivity index is 0.00000306. The Morgan fingerprint density at radius 1 is 1.20 bits per heavy atom. The van der Waals surface area contributed by atoms with Crippen molar-refractivity contribution in [2.45, 2.75) is 21.9 Å². The minimum Gasteiger partial charge on any atom is -0.346 e. The molecule has 3 rings (SSSR count). The van der Waals surface area contributed by atoms with E-state index in [2.05, 4.69) is 32.9 Å². The summed E-state index contributed by atoms with van der Waals surface area (Å²) in [5.41, 5.74) is 0.743. The standard InChI is InChI=1S/C22H26Cl2IN5O3.2ClH/c1-21(24)22(25,30-13-16(23)10-11-17(30)27-21)33-20(15-8-6-5-7-9-15)29(4)19(32)12-26-18(31)14-28(2)3;;/h5-11,13,20H,12,14H2,1-4H3,(H,26,31);2*1H. The highest BCUT2D eigenvalue weighted by Crippen LogP contribution is 2.51. The van der Waals surface area contributed by atoms with Gasteiger partial charge in [-0.3, -0.25) is 14.5 Å². The SMILES string of the molecule is CN(C)CC(=O)NCC(=O)N(C)C(OC1(I)N2C=C(Cl)C=CC2=NC1(C)Cl)c1ccccc1.Cl.Cl. The minimum absolute atomic E-state index is 0. The maximum Gasteiger partial charge on any atom is 0.244 e. The molecule has 2 amide bonds. The van der Waals surface area contributed by atoms with Crippen LogP contribution in [0.4, 0.5) is 0 Å². The normalized spacial score (nSPS) is 23.4.